The molecule has 0 amide bonds. The van der Waals surface area contributed by atoms with Crippen LogP contribution in [0.2, 0.25) is 0 Å². The van der Waals surface area contributed by atoms with Gasteiger partial charge in [0.05, 0.1) is 7.11 Å². The number of hydrogen-bond donors (Lipinski definition) is 2. The van der Waals surface area contributed by atoms with Gasteiger partial charge < -0.3 is 19.9 Å². The van der Waals surface area contributed by atoms with E-state index in [1.54, 1.807) is 7.11 Å². The number of methoxy groups -OCH3 is 1. The maximum atomic E-state index is 5.29. The summed E-state index contributed by atoms with van der Waals surface area (Å²) >= 11 is 0. The van der Waals surface area contributed by atoms with Crippen molar-refractivity contribution in [1.82, 2.24) is 15.2 Å². The lowest BCUT2D eigenvalue weighted by molar-refractivity contribution is 0.244. The molecule has 0 saturated carbocycles. The number of hydrogen-bond acceptors (Lipinski definition) is 3. The standard InChI is InChI=1S/C16H23N3O/c1-12-14(5-8-19-9-6-17-7-10-19)15-4-3-13(20-2)11-16(15)18-12/h3-4,11,17-18H,5-10H2,1-2H3. The van der Waals surface area contributed by atoms with Crippen molar-refractivity contribution in [1.29, 1.82) is 0 Å². The minimum atomic E-state index is 0.910. The summed E-state index contributed by atoms with van der Waals surface area (Å²) in [4.78, 5) is 6.02. The number of aromatic nitrogens is 1. The molecule has 0 aliphatic carbocycles. The van der Waals surface area contributed by atoms with E-state index in [0.717, 1.165) is 44.9 Å². The summed E-state index contributed by atoms with van der Waals surface area (Å²) in [5.74, 6) is 0.910. The van der Waals surface area contributed by atoms with E-state index in [4.69, 9.17) is 4.74 Å². The molecule has 2 aromatic rings. The topological polar surface area (TPSA) is 40.3 Å². The average molecular weight is 273 g/mol. The Kier molecular flexibility index (Phi) is 3.94. The van der Waals surface area contributed by atoms with Crippen LogP contribution >= 0.6 is 0 Å². The van der Waals surface area contributed by atoms with Crippen LogP contribution in [-0.4, -0.2) is 49.7 Å². The average Bonchev–Trinajstić information content (AvgIpc) is 2.80. The quantitative estimate of drug-likeness (QED) is 0.894. The van der Waals surface area contributed by atoms with Crippen LogP contribution in [0.5, 0.6) is 5.75 Å². The van der Waals surface area contributed by atoms with Gasteiger partial charge >= 0.3 is 0 Å². The Hall–Kier alpha value is -1.52. The zero-order chi connectivity index (χ0) is 13.9. The highest BCUT2D eigenvalue weighted by Gasteiger charge is 2.13. The number of benzene rings is 1. The molecule has 20 heavy (non-hydrogen) atoms. The van der Waals surface area contributed by atoms with Crippen molar-refractivity contribution in [2.45, 2.75) is 13.3 Å². The van der Waals surface area contributed by atoms with Crippen LogP contribution in [-0.2, 0) is 6.42 Å². The molecule has 2 N–H and O–H groups in total. The first-order chi connectivity index (χ1) is 9.78. The lowest BCUT2D eigenvalue weighted by Gasteiger charge is -2.27. The Morgan fingerprint density at radius 3 is 2.80 bits per heavy atom. The highest BCUT2D eigenvalue weighted by molar-refractivity contribution is 5.85. The summed E-state index contributed by atoms with van der Waals surface area (Å²) in [7, 11) is 1.71. The van der Waals surface area contributed by atoms with E-state index in [1.807, 2.05) is 6.07 Å². The minimum absolute atomic E-state index is 0.910. The molecule has 1 saturated heterocycles. The first-order valence-electron chi connectivity index (χ1n) is 7.36. The number of rotatable bonds is 4. The molecule has 1 aliphatic heterocycles. The molecule has 1 aliphatic rings. The molecule has 108 valence electrons. The van der Waals surface area contributed by atoms with Crippen molar-refractivity contribution in [2.24, 2.45) is 0 Å². The van der Waals surface area contributed by atoms with Gasteiger partial charge in [-0.1, -0.05) is 0 Å². The van der Waals surface area contributed by atoms with E-state index in [-0.39, 0.29) is 0 Å². The fourth-order valence-corrected chi connectivity index (χ4v) is 3.02. The molecule has 0 unspecified atom stereocenters. The Morgan fingerprint density at radius 1 is 1.25 bits per heavy atom. The van der Waals surface area contributed by atoms with E-state index < -0.39 is 0 Å². The number of nitrogens with zero attached hydrogens (tertiary/aromatic N) is 1. The summed E-state index contributed by atoms with van der Waals surface area (Å²) in [5, 5.41) is 4.73. The molecule has 3 rings (SSSR count). The van der Waals surface area contributed by atoms with Crippen molar-refractivity contribution >= 4 is 10.9 Å². The Morgan fingerprint density at radius 2 is 2.05 bits per heavy atom. The molecule has 0 atom stereocenters. The molecule has 4 nitrogen and oxygen atoms in total. The van der Waals surface area contributed by atoms with Crippen LogP contribution in [0.3, 0.4) is 0 Å². The predicted molar refractivity (Wildman–Crippen MR) is 82.6 cm³/mol. The number of ether oxygens (including phenoxy) is 1. The highest BCUT2D eigenvalue weighted by atomic mass is 16.5. The van der Waals surface area contributed by atoms with Crippen molar-refractivity contribution < 1.29 is 4.74 Å². The van der Waals surface area contributed by atoms with Crippen LogP contribution in [0, 0.1) is 6.92 Å². The Bertz CT molecular complexity index is 585. The number of fused-ring (bicyclic) bond motifs is 1. The smallest absolute Gasteiger partial charge is 0.120 e. The van der Waals surface area contributed by atoms with Crippen molar-refractivity contribution in [3.05, 3.63) is 29.5 Å². The lowest BCUT2D eigenvalue weighted by atomic mass is 10.1. The first kappa shape index (κ1) is 13.5. The van der Waals surface area contributed by atoms with Gasteiger partial charge in [-0.15, -0.1) is 0 Å². The molecular formula is C16H23N3O. The van der Waals surface area contributed by atoms with Crippen molar-refractivity contribution in [3.8, 4) is 5.75 Å². The molecule has 4 heteroatoms. The number of aromatic amines is 1. The third kappa shape index (κ3) is 2.67. The molecule has 0 radical (unpaired) electrons. The van der Waals surface area contributed by atoms with E-state index in [1.165, 1.54) is 22.2 Å². The normalized spacial score (nSPS) is 16.7. The lowest BCUT2D eigenvalue weighted by Crippen LogP contribution is -2.44. The van der Waals surface area contributed by atoms with Crippen LogP contribution < -0.4 is 10.1 Å². The van der Waals surface area contributed by atoms with E-state index in [0.29, 0.717) is 0 Å². The second-order valence-corrected chi connectivity index (χ2v) is 5.48. The first-order valence-corrected chi connectivity index (χ1v) is 7.36. The zero-order valence-corrected chi connectivity index (χ0v) is 12.3. The molecule has 0 spiro atoms. The summed E-state index contributed by atoms with van der Waals surface area (Å²) in [6.07, 6.45) is 1.11. The van der Waals surface area contributed by atoms with Gasteiger partial charge in [-0.05, 0) is 31.0 Å². The molecule has 1 aromatic heterocycles. The van der Waals surface area contributed by atoms with E-state index in [9.17, 15) is 0 Å². The van der Waals surface area contributed by atoms with E-state index >= 15 is 0 Å². The number of H-pyrrole nitrogens is 1. The monoisotopic (exact) mass is 273 g/mol. The largest absolute Gasteiger partial charge is 0.497 e. The zero-order valence-electron chi connectivity index (χ0n) is 12.3. The molecule has 2 heterocycles. The van der Waals surface area contributed by atoms with Gasteiger partial charge in [0.25, 0.3) is 0 Å². The summed E-state index contributed by atoms with van der Waals surface area (Å²) < 4.78 is 5.29. The number of piperazine rings is 1. The molecular weight excluding hydrogens is 250 g/mol. The highest BCUT2D eigenvalue weighted by Crippen LogP contribution is 2.26. The Balaban J connectivity index is 1.78. The number of nitrogens with one attached hydrogen (secondary N) is 2. The predicted octanol–water partition coefficient (Wildman–Crippen LogP) is 1.93. The van der Waals surface area contributed by atoms with Crippen molar-refractivity contribution in [2.75, 3.05) is 39.8 Å². The third-order valence-electron chi connectivity index (χ3n) is 4.21. The number of aryl methyl sites for hydroxylation is 1. The molecule has 1 aromatic carbocycles. The Labute approximate surface area is 120 Å². The van der Waals surface area contributed by atoms with Gasteiger partial charge in [0, 0.05) is 55.4 Å². The molecule has 0 bridgehead atoms. The second-order valence-electron chi connectivity index (χ2n) is 5.48. The minimum Gasteiger partial charge on any atom is -0.497 e. The van der Waals surface area contributed by atoms with Crippen LogP contribution in [0.25, 0.3) is 10.9 Å². The van der Waals surface area contributed by atoms with Crippen LogP contribution in [0.4, 0.5) is 0 Å². The van der Waals surface area contributed by atoms with E-state index in [2.05, 4.69) is 34.3 Å². The van der Waals surface area contributed by atoms with Gasteiger partial charge in [0.1, 0.15) is 5.75 Å². The van der Waals surface area contributed by atoms with Gasteiger partial charge in [-0.3, -0.25) is 0 Å². The summed E-state index contributed by atoms with van der Waals surface area (Å²) in [5.41, 5.74) is 3.90. The van der Waals surface area contributed by atoms with Crippen LogP contribution in [0.15, 0.2) is 18.2 Å². The van der Waals surface area contributed by atoms with Gasteiger partial charge in [0.2, 0.25) is 0 Å². The van der Waals surface area contributed by atoms with Gasteiger partial charge in [-0.2, -0.15) is 0 Å². The summed E-state index contributed by atoms with van der Waals surface area (Å²) in [6.45, 7) is 7.86. The van der Waals surface area contributed by atoms with Crippen molar-refractivity contribution in [3.63, 3.8) is 0 Å². The third-order valence-corrected chi connectivity index (χ3v) is 4.21. The summed E-state index contributed by atoms with van der Waals surface area (Å²) in [6, 6.07) is 6.30. The SMILES string of the molecule is COc1ccc2c(CCN3CCNCC3)c(C)[nH]c2c1. The fraction of sp³-hybridized carbons (Fsp3) is 0.500. The maximum Gasteiger partial charge on any atom is 0.120 e. The van der Waals surface area contributed by atoms with Crippen LogP contribution in [0.1, 0.15) is 11.3 Å². The maximum absolute atomic E-state index is 5.29. The second kappa shape index (κ2) is 5.85. The molecule has 1 fully saturated rings. The van der Waals surface area contributed by atoms with Gasteiger partial charge in [0.15, 0.2) is 0 Å². The van der Waals surface area contributed by atoms with Gasteiger partial charge in [-0.25, -0.2) is 0 Å². The fourth-order valence-electron chi connectivity index (χ4n) is 3.02.